The van der Waals surface area contributed by atoms with Crippen LogP contribution >= 0.6 is 0 Å². The van der Waals surface area contributed by atoms with Gasteiger partial charge in [-0.1, -0.05) is 243 Å². The highest BCUT2D eigenvalue weighted by Gasteiger charge is 2.04. The molecule has 0 atom stereocenters. The lowest BCUT2D eigenvalue weighted by Crippen LogP contribution is -2.51. The van der Waals surface area contributed by atoms with Crippen LogP contribution in [0.3, 0.4) is 0 Å². The Balaban J connectivity index is 0.000000245. The third-order valence-electron chi connectivity index (χ3n) is 9.33. The average molecular weight is 1000 g/mol. The van der Waals surface area contributed by atoms with Gasteiger partial charge in [0.1, 0.15) is 20.2 Å². The molecule has 0 radical (unpaired) electrons. The molecule has 0 saturated heterocycles. The lowest BCUT2D eigenvalue weighted by atomic mass is 10.0. The molecule has 0 bridgehead atoms. The van der Waals surface area contributed by atoms with E-state index in [-0.39, 0.29) is 21.7 Å². The summed E-state index contributed by atoms with van der Waals surface area (Å²) >= 11 is 0. The second kappa shape index (κ2) is 32.2. The predicted molar refractivity (Wildman–Crippen MR) is 292 cm³/mol. The molecule has 12 N–H and O–H groups in total. The SMILES string of the molecule is C(=C\c1ccccc1)/c1ccccc1.C(=C\c1ccccc1)/c1ccccc1.C(=C\c1ccccc1)/c1ccccc1.NC(N)=[NH2+].NC(N)=[NH2+].O=S(=O)([O-])c1ccc(CCc2ccc(S(=O)(=O)[O-])cc2)cc1. The molecule has 12 nitrogen and oxygen atoms in total. The lowest BCUT2D eigenvalue weighted by Gasteiger charge is -2.09. The quantitative estimate of drug-likeness (QED) is 0.0338. The lowest BCUT2D eigenvalue weighted by molar-refractivity contribution is -0.117. The van der Waals surface area contributed by atoms with Gasteiger partial charge < -0.3 is 9.11 Å². The number of hydrogen-bond acceptors (Lipinski definition) is 6. The van der Waals surface area contributed by atoms with Crippen molar-refractivity contribution in [3.8, 4) is 0 Å². The van der Waals surface area contributed by atoms with Crippen LogP contribution in [0.1, 0.15) is 44.5 Å². The molecule has 8 aromatic carbocycles. The molecule has 0 fully saturated rings. The fourth-order valence-electron chi connectivity index (χ4n) is 5.90. The highest BCUT2D eigenvalue weighted by Crippen LogP contribution is 2.15. The summed E-state index contributed by atoms with van der Waals surface area (Å²) in [6, 6.07) is 73.1. The summed E-state index contributed by atoms with van der Waals surface area (Å²) in [5, 5.41) is 9.17. The fourth-order valence-corrected chi connectivity index (χ4v) is 6.84. The Labute approximate surface area is 423 Å². The van der Waals surface area contributed by atoms with Crippen LogP contribution in [0.5, 0.6) is 0 Å². The standard InChI is InChI=1S/C14H14O6S2.3C14H12.2CH5N3/c15-21(16,17)13-7-3-11(4-8-13)1-2-12-5-9-14(10-6-12)22(18,19)20;3*1-3-7-13(8-4-1)11-12-14-9-5-2-6-10-14;2*2-1(3)4/h3-10H,1-2H2,(H,15,16,17)(H,18,19,20);3*1-12H;2*(H5,2,3,4)/b;3*12-11+;;. The third-order valence-corrected chi connectivity index (χ3v) is 11.0. The molecule has 8 rings (SSSR count). The maximum Gasteiger partial charge on any atom is 0.336 e. The van der Waals surface area contributed by atoms with E-state index in [1.165, 1.54) is 57.6 Å². The summed E-state index contributed by atoms with van der Waals surface area (Å²) in [7, 11) is -8.88. The Bertz CT molecular complexity index is 2670. The first-order chi connectivity index (χ1) is 34.5. The molecule has 0 amide bonds. The molecule has 0 aliphatic rings. The molecule has 0 unspecified atom stereocenters. The van der Waals surface area contributed by atoms with Gasteiger partial charge in [-0.3, -0.25) is 33.8 Å². The second-order valence-electron chi connectivity index (χ2n) is 15.2. The van der Waals surface area contributed by atoms with Gasteiger partial charge in [-0.05, 0) is 81.6 Å². The topological polar surface area (TPSA) is 270 Å². The number of benzene rings is 8. The van der Waals surface area contributed by atoms with Crippen molar-refractivity contribution < 1.29 is 36.8 Å². The van der Waals surface area contributed by atoms with Gasteiger partial charge in [0.25, 0.3) is 0 Å². The van der Waals surface area contributed by atoms with E-state index in [9.17, 15) is 25.9 Å². The van der Waals surface area contributed by atoms with Gasteiger partial charge in [0.15, 0.2) is 0 Å². The summed E-state index contributed by atoms with van der Waals surface area (Å²) in [5.74, 6) is -0.167. The van der Waals surface area contributed by atoms with E-state index in [1.54, 1.807) is 24.3 Å². The molecular formula is C58H60N6O6S2. The van der Waals surface area contributed by atoms with Gasteiger partial charge in [-0.2, -0.15) is 0 Å². The number of aryl methyl sites for hydroxylation is 2. The molecule has 0 aliphatic carbocycles. The summed E-state index contributed by atoms with van der Waals surface area (Å²) in [6.07, 6.45) is 13.9. The molecule has 0 aromatic heterocycles. The van der Waals surface area contributed by atoms with E-state index in [0.717, 1.165) is 11.1 Å². The number of guanidine groups is 2. The minimum atomic E-state index is -4.44. The van der Waals surface area contributed by atoms with Crippen molar-refractivity contribution >= 4 is 68.6 Å². The van der Waals surface area contributed by atoms with Gasteiger partial charge in [-0.25, -0.2) is 16.8 Å². The summed E-state index contributed by atoms with van der Waals surface area (Å²) < 4.78 is 64.8. The molecule has 14 heteroatoms. The summed E-state index contributed by atoms with van der Waals surface area (Å²) in [6.45, 7) is 0. The van der Waals surface area contributed by atoms with Crippen molar-refractivity contribution in [3.05, 3.63) is 275 Å². The molecule has 370 valence electrons. The molecule has 0 spiro atoms. The van der Waals surface area contributed by atoms with Gasteiger partial charge >= 0.3 is 11.9 Å². The van der Waals surface area contributed by atoms with E-state index in [4.69, 9.17) is 0 Å². The number of rotatable bonds is 11. The average Bonchev–Trinajstić information content (AvgIpc) is 3.38. The zero-order valence-corrected chi connectivity index (χ0v) is 41.2. The van der Waals surface area contributed by atoms with E-state index in [0.29, 0.717) is 12.8 Å². The summed E-state index contributed by atoms with van der Waals surface area (Å²) in [4.78, 5) is -0.553. The highest BCUT2D eigenvalue weighted by atomic mass is 32.2. The maximum atomic E-state index is 10.8. The Morgan fingerprint density at radius 1 is 0.319 bits per heavy atom. The second-order valence-corrected chi connectivity index (χ2v) is 17.9. The van der Waals surface area contributed by atoms with Gasteiger partial charge in [0, 0.05) is 0 Å². The van der Waals surface area contributed by atoms with Gasteiger partial charge in [-0.15, -0.1) is 0 Å². The van der Waals surface area contributed by atoms with Crippen LogP contribution < -0.4 is 33.8 Å². The largest absolute Gasteiger partial charge is 0.744 e. The van der Waals surface area contributed by atoms with E-state index >= 15 is 0 Å². The van der Waals surface area contributed by atoms with Crippen molar-refractivity contribution in [1.29, 1.82) is 0 Å². The predicted octanol–water partition coefficient (Wildman–Crippen LogP) is 6.89. The monoisotopic (exact) mass is 1000 g/mol. The van der Waals surface area contributed by atoms with Crippen LogP contribution in [0.2, 0.25) is 0 Å². The Kier molecular flexibility index (Phi) is 25.8. The molecular weight excluding hydrogens is 941 g/mol. The smallest absolute Gasteiger partial charge is 0.336 e. The third kappa shape index (κ3) is 26.8. The van der Waals surface area contributed by atoms with Crippen molar-refractivity contribution in [2.45, 2.75) is 22.6 Å². The maximum absolute atomic E-state index is 10.8. The Hall–Kier alpha value is -8.66. The minimum Gasteiger partial charge on any atom is -0.744 e. The zero-order chi connectivity index (χ0) is 52.5. The van der Waals surface area contributed by atoms with Crippen LogP contribution in [0.15, 0.2) is 240 Å². The van der Waals surface area contributed by atoms with E-state index < -0.39 is 20.2 Å². The van der Waals surface area contributed by atoms with Crippen molar-refractivity contribution in [3.63, 3.8) is 0 Å². The molecule has 0 heterocycles. The van der Waals surface area contributed by atoms with Gasteiger partial charge in [0.2, 0.25) is 0 Å². The van der Waals surface area contributed by atoms with Crippen molar-refractivity contribution in [2.24, 2.45) is 22.9 Å². The van der Waals surface area contributed by atoms with Crippen molar-refractivity contribution in [2.75, 3.05) is 0 Å². The van der Waals surface area contributed by atoms with Crippen LogP contribution in [-0.4, -0.2) is 37.9 Å². The van der Waals surface area contributed by atoms with Gasteiger partial charge in [0.05, 0.1) is 9.79 Å². The highest BCUT2D eigenvalue weighted by molar-refractivity contribution is 7.86. The molecule has 72 heavy (non-hydrogen) atoms. The normalized spacial score (nSPS) is 10.6. The zero-order valence-electron chi connectivity index (χ0n) is 39.5. The number of nitrogens with two attached hydrogens (primary N) is 6. The first-order valence-corrected chi connectivity index (χ1v) is 25.0. The Morgan fingerprint density at radius 2 is 0.472 bits per heavy atom. The first-order valence-electron chi connectivity index (χ1n) is 22.2. The molecule has 0 aliphatic heterocycles. The summed E-state index contributed by atoms with van der Waals surface area (Å²) in [5.41, 5.74) is 27.4. The molecule has 0 saturated carbocycles. The molecule has 8 aromatic rings. The van der Waals surface area contributed by atoms with Crippen LogP contribution in [-0.2, 0) is 33.1 Å². The van der Waals surface area contributed by atoms with E-state index in [2.05, 4.69) is 143 Å². The fraction of sp³-hybridized carbons (Fsp3) is 0.0345. The van der Waals surface area contributed by atoms with Crippen molar-refractivity contribution in [1.82, 2.24) is 0 Å². The Morgan fingerprint density at radius 3 is 0.611 bits per heavy atom. The van der Waals surface area contributed by atoms with E-state index in [1.807, 2.05) is 109 Å². The van der Waals surface area contributed by atoms with Crippen LogP contribution in [0, 0.1) is 0 Å². The minimum absolute atomic E-state index is 0.0833. The first kappa shape index (κ1) is 57.7. The van der Waals surface area contributed by atoms with Crippen LogP contribution in [0.4, 0.5) is 0 Å². The van der Waals surface area contributed by atoms with Crippen LogP contribution in [0.25, 0.3) is 36.5 Å². The number of hydrogen-bond donors (Lipinski definition) is 6.